The van der Waals surface area contributed by atoms with Crippen molar-refractivity contribution in [2.24, 2.45) is 5.41 Å². The highest BCUT2D eigenvalue weighted by atomic mass is 16.5. The summed E-state index contributed by atoms with van der Waals surface area (Å²) in [5, 5.41) is 9.49. The van der Waals surface area contributed by atoms with Crippen LogP contribution in [-0.4, -0.2) is 29.9 Å². The molecule has 0 bridgehead atoms. The molecule has 2 aliphatic rings. The maximum Gasteiger partial charge on any atom is 0.320 e. The molecule has 3 rings (SSSR count). The van der Waals surface area contributed by atoms with E-state index in [-0.39, 0.29) is 17.5 Å². The predicted molar refractivity (Wildman–Crippen MR) is 73.5 cm³/mol. The Hall–Kier alpha value is -1.56. The summed E-state index contributed by atoms with van der Waals surface area (Å²) in [5.41, 5.74) is 0.174. The van der Waals surface area contributed by atoms with Crippen LogP contribution < -0.4 is 10.6 Å². The average Bonchev–Trinajstić information content (AvgIpc) is 2.71. The summed E-state index contributed by atoms with van der Waals surface area (Å²) in [4.78, 5) is 12.0. The minimum absolute atomic E-state index is 0.174. The van der Waals surface area contributed by atoms with E-state index in [1.807, 2.05) is 6.92 Å². The molecular weight excluding hydrogens is 258 g/mol. The Morgan fingerprint density at radius 1 is 1.60 bits per heavy atom. The minimum atomic E-state index is -0.218. The van der Waals surface area contributed by atoms with Crippen molar-refractivity contribution < 1.29 is 14.1 Å². The molecule has 1 aromatic rings. The molecule has 2 amide bonds. The van der Waals surface area contributed by atoms with Crippen molar-refractivity contribution in [2.75, 3.05) is 11.9 Å². The van der Waals surface area contributed by atoms with Gasteiger partial charge in [0.2, 0.25) is 0 Å². The second-order valence-electron chi connectivity index (χ2n) is 5.74. The van der Waals surface area contributed by atoms with Crippen molar-refractivity contribution in [2.45, 2.75) is 51.7 Å². The number of rotatable bonds is 4. The molecule has 6 heteroatoms. The second-order valence-corrected chi connectivity index (χ2v) is 5.74. The highest BCUT2D eigenvalue weighted by Crippen LogP contribution is 2.57. The maximum atomic E-state index is 12.0. The van der Waals surface area contributed by atoms with E-state index in [1.54, 1.807) is 13.0 Å². The lowest BCUT2D eigenvalue weighted by atomic mass is 9.51. The molecule has 6 nitrogen and oxygen atoms in total. The largest absolute Gasteiger partial charge is 0.378 e. The van der Waals surface area contributed by atoms with Gasteiger partial charge in [-0.05, 0) is 33.1 Å². The van der Waals surface area contributed by atoms with Gasteiger partial charge in [-0.3, -0.25) is 5.32 Å². The summed E-state index contributed by atoms with van der Waals surface area (Å²) in [5.74, 6) is 1.12. The van der Waals surface area contributed by atoms with Crippen LogP contribution in [0.5, 0.6) is 0 Å². The first-order chi connectivity index (χ1) is 9.64. The van der Waals surface area contributed by atoms with Crippen LogP contribution in [0.2, 0.25) is 0 Å². The third-order valence-corrected chi connectivity index (χ3v) is 4.61. The van der Waals surface area contributed by atoms with Gasteiger partial charge in [-0.1, -0.05) is 11.6 Å². The molecule has 0 aliphatic heterocycles. The van der Waals surface area contributed by atoms with Gasteiger partial charge in [0.25, 0.3) is 0 Å². The van der Waals surface area contributed by atoms with E-state index in [1.165, 1.54) is 6.42 Å². The van der Waals surface area contributed by atoms with E-state index < -0.39 is 0 Å². The van der Waals surface area contributed by atoms with Crippen LogP contribution >= 0.6 is 0 Å². The maximum absolute atomic E-state index is 12.0. The Morgan fingerprint density at radius 2 is 2.40 bits per heavy atom. The van der Waals surface area contributed by atoms with E-state index >= 15 is 0 Å². The molecule has 20 heavy (non-hydrogen) atoms. The topological polar surface area (TPSA) is 76.4 Å². The van der Waals surface area contributed by atoms with Crippen LogP contribution in [0.1, 0.15) is 38.4 Å². The lowest BCUT2D eigenvalue weighted by Crippen LogP contribution is -2.68. The van der Waals surface area contributed by atoms with Crippen molar-refractivity contribution in [3.8, 4) is 0 Å². The van der Waals surface area contributed by atoms with Crippen molar-refractivity contribution in [3.63, 3.8) is 0 Å². The first-order valence-corrected chi connectivity index (χ1v) is 7.26. The zero-order valence-electron chi connectivity index (χ0n) is 11.9. The standard InChI is InChI=1S/C14H21N3O3/c1-3-19-11-8-10(14(11)5-4-6-14)15-13(18)16-12-7-9(2)20-17-12/h7,10-11H,3-6,8H2,1-2H3,(H2,15,16,17,18)/t10-,11-/m1/s1. The fourth-order valence-corrected chi connectivity index (χ4v) is 3.38. The SMILES string of the molecule is CCO[C@@H]1C[C@@H](NC(=O)Nc2cc(C)on2)C12CCC2. The lowest BCUT2D eigenvalue weighted by Gasteiger charge is -2.60. The summed E-state index contributed by atoms with van der Waals surface area (Å²) in [6, 6.07) is 1.69. The van der Waals surface area contributed by atoms with Crippen LogP contribution in [-0.2, 0) is 4.74 Å². The fourth-order valence-electron chi connectivity index (χ4n) is 3.38. The Morgan fingerprint density at radius 3 is 2.95 bits per heavy atom. The zero-order valence-corrected chi connectivity index (χ0v) is 11.9. The number of nitrogens with one attached hydrogen (secondary N) is 2. The third kappa shape index (κ3) is 2.18. The minimum Gasteiger partial charge on any atom is -0.378 e. The van der Waals surface area contributed by atoms with Crippen molar-refractivity contribution in [3.05, 3.63) is 11.8 Å². The molecule has 0 aromatic carbocycles. The molecule has 110 valence electrons. The van der Waals surface area contributed by atoms with E-state index in [9.17, 15) is 4.79 Å². The number of hydrogen-bond donors (Lipinski definition) is 2. The molecule has 2 aliphatic carbocycles. The first-order valence-electron chi connectivity index (χ1n) is 7.26. The quantitative estimate of drug-likeness (QED) is 0.887. The van der Waals surface area contributed by atoms with Gasteiger partial charge in [0.05, 0.1) is 6.10 Å². The Kier molecular flexibility index (Phi) is 3.41. The zero-order chi connectivity index (χ0) is 14.2. The molecule has 2 N–H and O–H groups in total. The molecule has 2 fully saturated rings. The Labute approximate surface area is 118 Å². The normalized spacial score (nSPS) is 26.7. The van der Waals surface area contributed by atoms with Gasteiger partial charge in [-0.15, -0.1) is 0 Å². The monoisotopic (exact) mass is 279 g/mol. The van der Waals surface area contributed by atoms with Crippen molar-refractivity contribution in [1.29, 1.82) is 0 Å². The van der Waals surface area contributed by atoms with Crippen LogP contribution in [0.15, 0.2) is 10.6 Å². The van der Waals surface area contributed by atoms with Gasteiger partial charge in [0.15, 0.2) is 5.82 Å². The number of hydrogen-bond acceptors (Lipinski definition) is 4. The highest BCUT2D eigenvalue weighted by Gasteiger charge is 2.59. The van der Waals surface area contributed by atoms with Crippen molar-refractivity contribution >= 4 is 11.8 Å². The number of aromatic nitrogens is 1. The van der Waals surface area contributed by atoms with Gasteiger partial charge >= 0.3 is 6.03 Å². The van der Waals surface area contributed by atoms with Crippen LogP contribution in [0.4, 0.5) is 10.6 Å². The summed E-state index contributed by atoms with van der Waals surface area (Å²) in [6.07, 6.45) is 4.73. The van der Waals surface area contributed by atoms with Crippen molar-refractivity contribution in [1.82, 2.24) is 10.5 Å². The van der Waals surface area contributed by atoms with E-state index in [2.05, 4.69) is 15.8 Å². The first kappa shape index (κ1) is 13.4. The number of nitrogens with zero attached hydrogens (tertiary/aromatic N) is 1. The molecule has 2 atom stereocenters. The molecular formula is C14H21N3O3. The van der Waals surface area contributed by atoms with Crippen LogP contribution in [0.3, 0.4) is 0 Å². The van der Waals surface area contributed by atoms with E-state index in [0.29, 0.717) is 17.7 Å². The molecule has 1 heterocycles. The van der Waals surface area contributed by atoms with Gasteiger partial charge in [0, 0.05) is 24.1 Å². The summed E-state index contributed by atoms with van der Waals surface area (Å²) in [7, 11) is 0. The fraction of sp³-hybridized carbons (Fsp3) is 0.714. The van der Waals surface area contributed by atoms with E-state index in [4.69, 9.17) is 9.26 Å². The summed E-state index contributed by atoms with van der Waals surface area (Å²) < 4.78 is 10.7. The van der Waals surface area contributed by atoms with E-state index in [0.717, 1.165) is 25.9 Å². The smallest absolute Gasteiger partial charge is 0.320 e. The number of carbonyl (C=O) groups is 1. The number of aryl methyl sites for hydroxylation is 1. The Bertz CT molecular complexity index is 496. The van der Waals surface area contributed by atoms with Gasteiger partial charge in [-0.25, -0.2) is 4.79 Å². The molecule has 0 unspecified atom stereocenters. The number of urea groups is 1. The molecule has 0 saturated heterocycles. The van der Waals surface area contributed by atoms with Gasteiger partial charge < -0.3 is 14.6 Å². The summed E-state index contributed by atoms with van der Waals surface area (Å²) >= 11 is 0. The number of anilines is 1. The van der Waals surface area contributed by atoms with Gasteiger partial charge in [0.1, 0.15) is 5.76 Å². The van der Waals surface area contributed by atoms with Gasteiger partial charge in [-0.2, -0.15) is 0 Å². The number of ether oxygens (including phenoxy) is 1. The average molecular weight is 279 g/mol. The number of carbonyl (C=O) groups excluding carboxylic acids is 1. The lowest BCUT2D eigenvalue weighted by molar-refractivity contribution is -0.169. The third-order valence-electron chi connectivity index (χ3n) is 4.61. The summed E-state index contributed by atoms with van der Waals surface area (Å²) in [6.45, 7) is 4.55. The number of amides is 2. The molecule has 1 aromatic heterocycles. The molecule has 0 radical (unpaired) electrons. The predicted octanol–water partition coefficient (Wildman–Crippen LogP) is 2.45. The van der Waals surface area contributed by atoms with Crippen LogP contribution in [0, 0.1) is 12.3 Å². The highest BCUT2D eigenvalue weighted by molar-refractivity contribution is 5.88. The molecule has 2 saturated carbocycles. The van der Waals surface area contributed by atoms with Crippen LogP contribution in [0.25, 0.3) is 0 Å². The molecule has 1 spiro atoms. The Balaban J connectivity index is 1.54. The second kappa shape index (κ2) is 5.09.